The van der Waals surface area contributed by atoms with Crippen LogP contribution in [-0.4, -0.2) is 10.1 Å². The Kier molecular flexibility index (Phi) is 4.00. The fourth-order valence-electron chi connectivity index (χ4n) is 3.15. The van der Waals surface area contributed by atoms with Gasteiger partial charge in [0.15, 0.2) is 0 Å². The highest BCUT2D eigenvalue weighted by molar-refractivity contribution is 5.83. The summed E-state index contributed by atoms with van der Waals surface area (Å²) in [4.78, 5) is 3.23. The average Bonchev–Trinajstić information content (AvgIpc) is 2.73. The summed E-state index contributed by atoms with van der Waals surface area (Å²) in [5, 5.41) is 12.4. The molecule has 0 spiro atoms. The van der Waals surface area contributed by atoms with Gasteiger partial charge in [0.25, 0.3) is 0 Å². The molecule has 104 valence electrons. The van der Waals surface area contributed by atoms with E-state index in [0.29, 0.717) is 11.8 Å². The van der Waals surface area contributed by atoms with Crippen LogP contribution in [0.1, 0.15) is 46.1 Å². The Bertz CT molecular complexity index is 529. The molecule has 0 fully saturated rings. The monoisotopic (exact) mass is 259 g/mol. The number of H-pyrrole nitrogens is 1. The lowest BCUT2D eigenvalue weighted by molar-refractivity contribution is -0.00311. The van der Waals surface area contributed by atoms with E-state index in [0.717, 1.165) is 29.3 Å². The molecule has 2 N–H and O–H groups in total. The van der Waals surface area contributed by atoms with Crippen LogP contribution in [0.4, 0.5) is 0 Å². The van der Waals surface area contributed by atoms with Crippen LogP contribution in [0, 0.1) is 11.8 Å². The van der Waals surface area contributed by atoms with Gasteiger partial charge in [-0.15, -0.1) is 0 Å². The van der Waals surface area contributed by atoms with Crippen molar-refractivity contribution in [2.45, 2.75) is 46.1 Å². The molecule has 0 atom stereocenters. The number of aliphatic hydroxyl groups is 1. The number of hydrogen-bond donors (Lipinski definition) is 2. The number of benzene rings is 1. The zero-order valence-electron chi connectivity index (χ0n) is 12.4. The third kappa shape index (κ3) is 3.01. The lowest BCUT2D eigenvalue weighted by atomic mass is 9.78. The van der Waals surface area contributed by atoms with E-state index in [1.54, 1.807) is 0 Å². The van der Waals surface area contributed by atoms with E-state index < -0.39 is 5.60 Å². The average molecular weight is 259 g/mol. The second-order valence-electron chi connectivity index (χ2n) is 6.47. The quantitative estimate of drug-likeness (QED) is 0.817. The molecule has 0 aliphatic carbocycles. The van der Waals surface area contributed by atoms with Crippen molar-refractivity contribution >= 4 is 10.9 Å². The highest BCUT2D eigenvalue weighted by Gasteiger charge is 2.32. The lowest BCUT2D eigenvalue weighted by Crippen LogP contribution is -2.29. The number of aromatic nitrogens is 1. The van der Waals surface area contributed by atoms with Crippen molar-refractivity contribution in [1.29, 1.82) is 0 Å². The van der Waals surface area contributed by atoms with Crippen LogP contribution in [0.2, 0.25) is 0 Å². The normalized spacial score (nSPS) is 12.8. The van der Waals surface area contributed by atoms with Crippen molar-refractivity contribution in [3.8, 4) is 0 Å². The second kappa shape index (κ2) is 5.38. The molecule has 0 aliphatic heterocycles. The summed E-state index contributed by atoms with van der Waals surface area (Å²) in [7, 11) is 0. The van der Waals surface area contributed by atoms with Crippen molar-refractivity contribution in [3.63, 3.8) is 0 Å². The third-order valence-electron chi connectivity index (χ3n) is 3.59. The standard InChI is InChI=1S/C17H25NO/c1-12(2)10-17(19,11-13(3)4)15-6-5-7-16-14(15)8-9-18-16/h5-9,12-13,18-19H,10-11H2,1-4H3. The molecule has 2 heteroatoms. The van der Waals surface area contributed by atoms with E-state index in [9.17, 15) is 5.11 Å². The van der Waals surface area contributed by atoms with Gasteiger partial charge in [-0.05, 0) is 42.4 Å². The van der Waals surface area contributed by atoms with Crippen LogP contribution < -0.4 is 0 Å². The molecule has 0 unspecified atom stereocenters. The van der Waals surface area contributed by atoms with Crippen LogP contribution in [0.5, 0.6) is 0 Å². The molecule has 2 rings (SSSR count). The fourth-order valence-corrected chi connectivity index (χ4v) is 3.15. The van der Waals surface area contributed by atoms with Gasteiger partial charge in [0.05, 0.1) is 5.60 Å². The van der Waals surface area contributed by atoms with Gasteiger partial charge in [-0.3, -0.25) is 0 Å². The minimum absolute atomic E-state index is 0.470. The van der Waals surface area contributed by atoms with E-state index >= 15 is 0 Å². The number of hydrogen-bond acceptors (Lipinski definition) is 1. The number of fused-ring (bicyclic) bond motifs is 1. The Morgan fingerprint density at radius 3 is 2.26 bits per heavy atom. The van der Waals surface area contributed by atoms with Crippen molar-refractivity contribution in [1.82, 2.24) is 4.98 Å². The molecule has 1 aromatic heterocycles. The number of nitrogens with one attached hydrogen (secondary N) is 1. The van der Waals surface area contributed by atoms with E-state index in [4.69, 9.17) is 0 Å². The molecular weight excluding hydrogens is 234 g/mol. The predicted octanol–water partition coefficient (Wildman–Crippen LogP) is 4.45. The first-order valence-corrected chi connectivity index (χ1v) is 7.21. The highest BCUT2D eigenvalue weighted by atomic mass is 16.3. The summed E-state index contributed by atoms with van der Waals surface area (Å²) in [6.45, 7) is 8.68. The number of rotatable bonds is 5. The van der Waals surface area contributed by atoms with Gasteiger partial charge in [-0.2, -0.15) is 0 Å². The summed E-state index contributed by atoms with van der Waals surface area (Å²) < 4.78 is 0. The summed E-state index contributed by atoms with van der Waals surface area (Å²) in [6.07, 6.45) is 3.55. The zero-order chi connectivity index (χ0) is 14.0. The van der Waals surface area contributed by atoms with Crippen molar-refractivity contribution in [3.05, 3.63) is 36.0 Å². The lowest BCUT2D eigenvalue weighted by Gasteiger charge is -2.33. The fraction of sp³-hybridized carbons (Fsp3) is 0.529. The maximum absolute atomic E-state index is 11.2. The minimum Gasteiger partial charge on any atom is -0.385 e. The smallest absolute Gasteiger partial charge is 0.0908 e. The first-order valence-electron chi connectivity index (χ1n) is 7.21. The molecule has 2 nitrogen and oxygen atoms in total. The SMILES string of the molecule is CC(C)CC(O)(CC(C)C)c1cccc2[nH]ccc12. The molecule has 1 heterocycles. The molecular formula is C17H25NO. The Morgan fingerprint density at radius 2 is 1.68 bits per heavy atom. The molecule has 0 amide bonds. The van der Waals surface area contributed by atoms with Crippen molar-refractivity contribution < 1.29 is 5.11 Å². The van der Waals surface area contributed by atoms with Crippen LogP contribution in [0.25, 0.3) is 10.9 Å². The van der Waals surface area contributed by atoms with Gasteiger partial charge >= 0.3 is 0 Å². The Morgan fingerprint density at radius 1 is 1.05 bits per heavy atom. The molecule has 0 aliphatic rings. The first-order chi connectivity index (χ1) is 8.92. The minimum atomic E-state index is -0.732. The summed E-state index contributed by atoms with van der Waals surface area (Å²) in [5.41, 5.74) is 1.43. The molecule has 19 heavy (non-hydrogen) atoms. The van der Waals surface area contributed by atoms with E-state index in [1.807, 2.05) is 12.3 Å². The van der Waals surface area contributed by atoms with Gasteiger partial charge in [-0.25, -0.2) is 0 Å². The van der Waals surface area contributed by atoms with Gasteiger partial charge in [0, 0.05) is 17.1 Å². The molecule has 2 aromatic rings. The Labute approximate surface area is 115 Å². The Hall–Kier alpha value is -1.28. The second-order valence-corrected chi connectivity index (χ2v) is 6.47. The Balaban J connectivity index is 2.50. The molecule has 0 bridgehead atoms. The number of aromatic amines is 1. The van der Waals surface area contributed by atoms with Gasteiger partial charge in [-0.1, -0.05) is 39.8 Å². The van der Waals surface area contributed by atoms with Gasteiger partial charge in [0.2, 0.25) is 0 Å². The van der Waals surface area contributed by atoms with Crippen LogP contribution >= 0.6 is 0 Å². The third-order valence-corrected chi connectivity index (χ3v) is 3.59. The van der Waals surface area contributed by atoms with Crippen LogP contribution in [-0.2, 0) is 5.60 Å². The highest BCUT2D eigenvalue weighted by Crippen LogP contribution is 2.38. The van der Waals surface area contributed by atoms with Gasteiger partial charge < -0.3 is 10.1 Å². The van der Waals surface area contributed by atoms with Crippen LogP contribution in [0.3, 0.4) is 0 Å². The first kappa shape index (κ1) is 14.1. The van der Waals surface area contributed by atoms with Crippen molar-refractivity contribution in [2.75, 3.05) is 0 Å². The van der Waals surface area contributed by atoms with E-state index in [-0.39, 0.29) is 0 Å². The molecule has 0 saturated carbocycles. The molecule has 0 saturated heterocycles. The maximum atomic E-state index is 11.2. The van der Waals surface area contributed by atoms with Gasteiger partial charge in [0.1, 0.15) is 0 Å². The predicted molar refractivity (Wildman–Crippen MR) is 81.1 cm³/mol. The summed E-state index contributed by atoms with van der Waals surface area (Å²) >= 11 is 0. The zero-order valence-corrected chi connectivity index (χ0v) is 12.4. The topological polar surface area (TPSA) is 36.0 Å². The molecule has 1 aromatic carbocycles. The molecule has 0 radical (unpaired) electrons. The van der Waals surface area contributed by atoms with E-state index in [2.05, 4.69) is 50.9 Å². The summed E-state index contributed by atoms with van der Waals surface area (Å²) in [6, 6.07) is 8.22. The largest absolute Gasteiger partial charge is 0.385 e. The summed E-state index contributed by atoms with van der Waals surface area (Å²) in [5.74, 6) is 0.941. The van der Waals surface area contributed by atoms with Crippen molar-refractivity contribution in [2.24, 2.45) is 11.8 Å². The maximum Gasteiger partial charge on any atom is 0.0908 e. The van der Waals surface area contributed by atoms with Crippen LogP contribution in [0.15, 0.2) is 30.5 Å². The van der Waals surface area contributed by atoms with E-state index in [1.165, 1.54) is 0 Å².